The Morgan fingerprint density at radius 1 is 1.33 bits per heavy atom. The largest absolute Gasteiger partial charge is 0.476 e. The van der Waals surface area contributed by atoms with Gasteiger partial charge >= 0.3 is 5.97 Å². The lowest BCUT2D eigenvalue weighted by Gasteiger charge is -2.21. The molecule has 2 aromatic rings. The zero-order valence-electron chi connectivity index (χ0n) is 11.3. The number of amides is 1. The molecule has 0 spiro atoms. The van der Waals surface area contributed by atoms with Gasteiger partial charge in [0.2, 0.25) is 5.91 Å². The normalized spacial score (nSPS) is 14.7. The maximum Gasteiger partial charge on any atom is 0.358 e. The van der Waals surface area contributed by atoms with Crippen LogP contribution in [-0.2, 0) is 17.8 Å². The van der Waals surface area contributed by atoms with Crippen molar-refractivity contribution in [2.24, 2.45) is 0 Å². The third-order valence-electron chi connectivity index (χ3n) is 3.51. The minimum absolute atomic E-state index is 0.00762. The third-order valence-corrected chi connectivity index (χ3v) is 3.51. The van der Waals surface area contributed by atoms with Gasteiger partial charge in [0.15, 0.2) is 11.5 Å². The Morgan fingerprint density at radius 3 is 2.90 bits per heavy atom. The van der Waals surface area contributed by atoms with Gasteiger partial charge < -0.3 is 14.5 Å². The third kappa shape index (κ3) is 2.65. The molecule has 6 heteroatoms. The summed E-state index contributed by atoms with van der Waals surface area (Å²) in [5.74, 6) is -0.779. The molecule has 1 amide bonds. The van der Waals surface area contributed by atoms with Crippen molar-refractivity contribution in [3.63, 3.8) is 0 Å². The summed E-state index contributed by atoms with van der Waals surface area (Å²) in [5, 5.41) is 12.3. The van der Waals surface area contributed by atoms with Crippen molar-refractivity contribution in [2.45, 2.75) is 25.8 Å². The van der Waals surface area contributed by atoms with E-state index in [2.05, 4.69) is 5.16 Å². The summed E-state index contributed by atoms with van der Waals surface area (Å²) in [4.78, 5) is 24.7. The number of hydrogen-bond acceptors (Lipinski definition) is 4. The lowest BCUT2D eigenvalue weighted by molar-refractivity contribution is -0.118. The van der Waals surface area contributed by atoms with Gasteiger partial charge in [-0.1, -0.05) is 23.4 Å². The number of nitrogens with zero attached hydrogens (tertiary/aromatic N) is 2. The number of hydrogen-bond donors (Lipinski definition) is 1. The van der Waals surface area contributed by atoms with Gasteiger partial charge in [-0.15, -0.1) is 0 Å². The topological polar surface area (TPSA) is 83.6 Å². The minimum atomic E-state index is -1.15. The van der Waals surface area contributed by atoms with E-state index in [1.54, 1.807) is 4.90 Å². The van der Waals surface area contributed by atoms with E-state index in [1.165, 1.54) is 6.07 Å². The standard InChI is InChI=1S/C15H14N2O4/c18-14-7-3-5-10-4-1-2-6-13(10)17(14)9-11-8-12(15(19)20)16-21-11/h1-2,4,6,8H,3,5,7,9H2,(H,19,20). The fourth-order valence-corrected chi connectivity index (χ4v) is 2.50. The van der Waals surface area contributed by atoms with E-state index in [4.69, 9.17) is 9.63 Å². The summed E-state index contributed by atoms with van der Waals surface area (Å²) in [6, 6.07) is 9.08. The van der Waals surface area contributed by atoms with Crippen LogP contribution in [0, 0.1) is 0 Å². The molecule has 1 N–H and O–H groups in total. The molecule has 1 aromatic carbocycles. The van der Waals surface area contributed by atoms with Crippen molar-refractivity contribution in [1.29, 1.82) is 0 Å². The molecule has 0 unspecified atom stereocenters. The number of carboxylic acid groups (broad SMARTS) is 1. The van der Waals surface area contributed by atoms with Crippen molar-refractivity contribution in [3.05, 3.63) is 47.3 Å². The molecule has 0 fully saturated rings. The molecule has 6 nitrogen and oxygen atoms in total. The Morgan fingerprint density at radius 2 is 2.14 bits per heavy atom. The lowest BCUT2D eigenvalue weighted by Crippen LogP contribution is -2.29. The molecule has 3 rings (SSSR count). The van der Waals surface area contributed by atoms with E-state index in [0.717, 1.165) is 24.1 Å². The maximum absolute atomic E-state index is 12.3. The number of rotatable bonds is 3. The van der Waals surface area contributed by atoms with Gasteiger partial charge in [0.1, 0.15) is 0 Å². The second-order valence-corrected chi connectivity index (χ2v) is 4.95. The van der Waals surface area contributed by atoms with Crippen LogP contribution in [-0.4, -0.2) is 22.1 Å². The second-order valence-electron chi connectivity index (χ2n) is 4.95. The van der Waals surface area contributed by atoms with E-state index < -0.39 is 5.97 Å². The van der Waals surface area contributed by atoms with Crippen LogP contribution in [0.2, 0.25) is 0 Å². The van der Waals surface area contributed by atoms with Crippen molar-refractivity contribution in [3.8, 4) is 0 Å². The van der Waals surface area contributed by atoms with Crippen molar-refractivity contribution < 1.29 is 19.2 Å². The number of para-hydroxylation sites is 1. The monoisotopic (exact) mass is 286 g/mol. The maximum atomic E-state index is 12.3. The lowest BCUT2D eigenvalue weighted by atomic mass is 10.1. The zero-order valence-corrected chi connectivity index (χ0v) is 11.3. The molecule has 0 aliphatic carbocycles. The molecule has 21 heavy (non-hydrogen) atoms. The Bertz CT molecular complexity index is 692. The number of carbonyl (C=O) groups is 2. The SMILES string of the molecule is O=C(O)c1cc(CN2C(=O)CCCc3ccccc32)on1. The number of aromatic carboxylic acids is 1. The zero-order chi connectivity index (χ0) is 14.8. The molecule has 1 aliphatic heterocycles. The molecule has 0 saturated carbocycles. The van der Waals surface area contributed by atoms with E-state index >= 15 is 0 Å². The van der Waals surface area contributed by atoms with Gasteiger partial charge in [-0.25, -0.2) is 4.79 Å². The highest BCUT2D eigenvalue weighted by Gasteiger charge is 2.24. The summed E-state index contributed by atoms with van der Waals surface area (Å²) in [6.07, 6.45) is 2.13. The van der Waals surface area contributed by atoms with Crippen molar-refractivity contribution >= 4 is 17.6 Å². The number of carbonyl (C=O) groups excluding carboxylic acids is 1. The second kappa shape index (κ2) is 5.40. The number of aromatic nitrogens is 1. The first-order valence-corrected chi connectivity index (χ1v) is 6.72. The van der Waals surface area contributed by atoms with Crippen LogP contribution in [0.1, 0.15) is 34.7 Å². The molecule has 0 radical (unpaired) electrons. The quantitative estimate of drug-likeness (QED) is 0.935. The molecule has 1 aromatic heterocycles. The smallest absolute Gasteiger partial charge is 0.358 e. The average Bonchev–Trinajstić information content (AvgIpc) is 2.88. The highest BCUT2D eigenvalue weighted by Crippen LogP contribution is 2.28. The van der Waals surface area contributed by atoms with Gasteiger partial charge in [0.25, 0.3) is 0 Å². The number of carboxylic acids is 1. The van der Waals surface area contributed by atoms with E-state index in [1.807, 2.05) is 24.3 Å². The van der Waals surface area contributed by atoms with Crippen LogP contribution >= 0.6 is 0 Å². The Hall–Kier alpha value is -2.63. The molecule has 0 atom stereocenters. The van der Waals surface area contributed by atoms with Gasteiger partial charge in [0, 0.05) is 18.2 Å². The molecule has 1 aliphatic rings. The van der Waals surface area contributed by atoms with Gasteiger partial charge in [-0.2, -0.15) is 0 Å². The summed E-state index contributed by atoms with van der Waals surface area (Å²) < 4.78 is 5.01. The average molecular weight is 286 g/mol. The predicted molar refractivity (Wildman–Crippen MR) is 74.0 cm³/mol. The number of aryl methyl sites for hydroxylation is 1. The first-order valence-electron chi connectivity index (χ1n) is 6.72. The number of benzene rings is 1. The Kier molecular flexibility index (Phi) is 3.43. The fraction of sp³-hybridized carbons (Fsp3) is 0.267. The summed E-state index contributed by atoms with van der Waals surface area (Å²) in [5.41, 5.74) is 1.81. The Balaban J connectivity index is 1.91. The first kappa shape index (κ1) is 13.4. The van der Waals surface area contributed by atoms with Crippen LogP contribution in [0.25, 0.3) is 0 Å². The summed E-state index contributed by atoms with van der Waals surface area (Å²) in [7, 11) is 0. The summed E-state index contributed by atoms with van der Waals surface area (Å²) >= 11 is 0. The summed E-state index contributed by atoms with van der Waals surface area (Å²) in [6.45, 7) is 0.191. The van der Waals surface area contributed by atoms with Crippen LogP contribution in [0.5, 0.6) is 0 Å². The molecular weight excluding hydrogens is 272 g/mol. The predicted octanol–water partition coefficient (Wildman–Crippen LogP) is 2.24. The molecule has 108 valence electrons. The Labute approximate surface area is 121 Å². The van der Waals surface area contributed by atoms with Gasteiger partial charge in [-0.3, -0.25) is 4.79 Å². The highest BCUT2D eigenvalue weighted by atomic mass is 16.5. The van der Waals surface area contributed by atoms with E-state index in [-0.39, 0.29) is 18.1 Å². The first-order chi connectivity index (χ1) is 10.1. The van der Waals surface area contributed by atoms with E-state index in [9.17, 15) is 9.59 Å². The van der Waals surface area contributed by atoms with Gasteiger partial charge in [-0.05, 0) is 24.5 Å². The molecular formula is C15H14N2O4. The van der Waals surface area contributed by atoms with Crippen LogP contribution in [0.4, 0.5) is 5.69 Å². The van der Waals surface area contributed by atoms with Gasteiger partial charge in [0.05, 0.1) is 6.54 Å². The fourth-order valence-electron chi connectivity index (χ4n) is 2.50. The number of anilines is 1. The van der Waals surface area contributed by atoms with Crippen molar-refractivity contribution in [2.75, 3.05) is 4.90 Å². The highest BCUT2D eigenvalue weighted by molar-refractivity contribution is 5.94. The van der Waals surface area contributed by atoms with Crippen LogP contribution in [0.15, 0.2) is 34.9 Å². The van der Waals surface area contributed by atoms with Crippen LogP contribution < -0.4 is 4.90 Å². The minimum Gasteiger partial charge on any atom is -0.476 e. The van der Waals surface area contributed by atoms with Crippen molar-refractivity contribution in [1.82, 2.24) is 5.16 Å². The van der Waals surface area contributed by atoms with Crippen LogP contribution in [0.3, 0.4) is 0 Å². The molecule has 0 bridgehead atoms. The molecule has 0 saturated heterocycles. The molecule has 2 heterocycles. The number of fused-ring (bicyclic) bond motifs is 1. The van der Waals surface area contributed by atoms with E-state index in [0.29, 0.717) is 12.2 Å².